The summed E-state index contributed by atoms with van der Waals surface area (Å²) in [7, 11) is 1.37. The predicted molar refractivity (Wildman–Crippen MR) is 54.8 cm³/mol. The van der Waals surface area contributed by atoms with Crippen molar-refractivity contribution in [2.24, 2.45) is 0 Å². The minimum atomic E-state index is -0.948. The number of benzene rings is 1. The summed E-state index contributed by atoms with van der Waals surface area (Å²) in [6, 6.07) is 1.58. The number of nitrogen functional groups attached to an aromatic ring is 1. The Morgan fingerprint density at radius 2 is 2.12 bits per heavy atom. The second kappa shape index (κ2) is 4.89. The quantitative estimate of drug-likeness (QED) is 0.748. The topological polar surface area (TPSA) is 66.6 Å². The lowest BCUT2D eigenvalue weighted by Gasteiger charge is -2.16. The zero-order chi connectivity index (χ0) is 12.3. The Morgan fingerprint density at radius 3 is 2.69 bits per heavy atom. The van der Waals surface area contributed by atoms with Crippen LogP contribution in [0.15, 0.2) is 12.1 Å². The molecule has 4 nitrogen and oxygen atoms in total. The van der Waals surface area contributed by atoms with E-state index in [0.717, 1.165) is 17.0 Å². The van der Waals surface area contributed by atoms with Gasteiger partial charge in [-0.3, -0.25) is 4.79 Å². The van der Waals surface area contributed by atoms with Crippen LogP contribution in [-0.2, 0) is 0 Å². The molecule has 0 radical (unpaired) electrons. The van der Waals surface area contributed by atoms with E-state index in [1.165, 1.54) is 7.05 Å². The largest absolute Gasteiger partial charge is 0.396 e. The van der Waals surface area contributed by atoms with Crippen LogP contribution in [0.4, 0.5) is 14.5 Å². The molecule has 0 aromatic heterocycles. The molecule has 0 spiro atoms. The molecule has 0 bridgehead atoms. The lowest BCUT2D eigenvalue weighted by Crippen LogP contribution is -2.30. The van der Waals surface area contributed by atoms with Gasteiger partial charge in [0, 0.05) is 13.6 Å². The maximum Gasteiger partial charge on any atom is 0.256 e. The summed E-state index contributed by atoms with van der Waals surface area (Å²) >= 11 is 0. The van der Waals surface area contributed by atoms with E-state index in [9.17, 15) is 13.6 Å². The van der Waals surface area contributed by atoms with E-state index >= 15 is 0 Å². The first-order valence-electron chi connectivity index (χ1n) is 4.58. The fraction of sp³-hybridized carbons (Fsp3) is 0.300. The highest BCUT2D eigenvalue weighted by Gasteiger charge is 2.18. The van der Waals surface area contributed by atoms with Gasteiger partial charge in [0.15, 0.2) is 5.82 Å². The lowest BCUT2D eigenvalue weighted by molar-refractivity contribution is 0.0762. The van der Waals surface area contributed by atoms with Gasteiger partial charge < -0.3 is 15.7 Å². The third kappa shape index (κ3) is 2.46. The highest BCUT2D eigenvalue weighted by molar-refractivity contribution is 5.95. The Labute approximate surface area is 91.3 Å². The second-order valence-corrected chi connectivity index (χ2v) is 3.31. The van der Waals surface area contributed by atoms with E-state index in [-0.39, 0.29) is 13.2 Å². The Kier molecular flexibility index (Phi) is 3.78. The van der Waals surface area contributed by atoms with Crippen molar-refractivity contribution in [1.29, 1.82) is 0 Å². The molecule has 6 heteroatoms. The summed E-state index contributed by atoms with van der Waals surface area (Å²) in [6.45, 7) is -0.219. The number of anilines is 1. The fourth-order valence-corrected chi connectivity index (χ4v) is 1.22. The van der Waals surface area contributed by atoms with Crippen molar-refractivity contribution >= 4 is 11.6 Å². The normalized spacial score (nSPS) is 10.2. The number of amides is 1. The summed E-state index contributed by atoms with van der Waals surface area (Å²) in [6.07, 6.45) is 0. The van der Waals surface area contributed by atoms with Gasteiger partial charge in [0.1, 0.15) is 5.82 Å². The summed E-state index contributed by atoms with van der Waals surface area (Å²) < 4.78 is 26.4. The molecule has 3 N–H and O–H groups in total. The summed E-state index contributed by atoms with van der Waals surface area (Å²) in [5, 5.41) is 8.62. The molecular formula is C10H12F2N2O2. The van der Waals surface area contributed by atoms with Crippen LogP contribution in [0.25, 0.3) is 0 Å². The third-order valence-corrected chi connectivity index (χ3v) is 2.08. The Morgan fingerprint density at radius 1 is 1.50 bits per heavy atom. The average molecular weight is 230 g/mol. The van der Waals surface area contributed by atoms with Gasteiger partial charge in [0.2, 0.25) is 0 Å². The molecule has 0 heterocycles. The Hall–Kier alpha value is -1.69. The zero-order valence-electron chi connectivity index (χ0n) is 8.70. The zero-order valence-corrected chi connectivity index (χ0v) is 8.70. The molecule has 0 aliphatic carbocycles. The molecule has 0 aliphatic rings. The first-order valence-corrected chi connectivity index (χ1v) is 4.58. The average Bonchev–Trinajstić information content (AvgIpc) is 2.22. The van der Waals surface area contributed by atoms with Crippen molar-refractivity contribution in [3.8, 4) is 0 Å². The van der Waals surface area contributed by atoms with Crippen LogP contribution in [0.2, 0.25) is 0 Å². The number of rotatable bonds is 3. The molecular weight excluding hydrogens is 218 g/mol. The molecule has 88 valence electrons. The lowest BCUT2D eigenvalue weighted by atomic mass is 10.1. The van der Waals surface area contributed by atoms with Gasteiger partial charge in [0.25, 0.3) is 5.91 Å². The van der Waals surface area contributed by atoms with Crippen molar-refractivity contribution in [1.82, 2.24) is 4.90 Å². The number of carbonyl (C=O) groups excluding carboxylic acids is 1. The third-order valence-electron chi connectivity index (χ3n) is 2.08. The molecule has 0 aliphatic heterocycles. The maximum atomic E-state index is 13.4. The van der Waals surface area contributed by atoms with Crippen LogP contribution in [-0.4, -0.2) is 36.1 Å². The second-order valence-electron chi connectivity index (χ2n) is 3.31. The molecule has 0 saturated carbocycles. The van der Waals surface area contributed by atoms with Crippen molar-refractivity contribution in [3.63, 3.8) is 0 Å². The number of nitrogens with zero attached hydrogens (tertiary/aromatic N) is 1. The minimum Gasteiger partial charge on any atom is -0.396 e. The van der Waals surface area contributed by atoms with Crippen LogP contribution in [0.3, 0.4) is 0 Å². The molecule has 0 saturated heterocycles. The number of nitrogens with two attached hydrogens (primary N) is 1. The van der Waals surface area contributed by atoms with E-state index < -0.39 is 28.8 Å². The number of aliphatic hydroxyl groups excluding tert-OH is 1. The fourth-order valence-electron chi connectivity index (χ4n) is 1.22. The molecule has 16 heavy (non-hydrogen) atoms. The first-order chi connectivity index (χ1) is 7.47. The highest BCUT2D eigenvalue weighted by Crippen LogP contribution is 2.18. The molecule has 1 aromatic carbocycles. The number of likely N-dealkylation sites (N-methyl/N-ethyl adjacent to an activating group) is 1. The number of carbonyl (C=O) groups is 1. The van der Waals surface area contributed by atoms with Crippen LogP contribution in [0.5, 0.6) is 0 Å². The van der Waals surface area contributed by atoms with Crippen LogP contribution < -0.4 is 5.73 Å². The maximum absolute atomic E-state index is 13.4. The monoisotopic (exact) mass is 230 g/mol. The standard InChI is InChI=1S/C10H12F2N2O2/c1-14(2-3-15)10(16)7-4-6(11)5-8(13)9(7)12/h4-5,15H,2-3,13H2,1H3. The summed E-state index contributed by atoms with van der Waals surface area (Å²) in [5.74, 6) is -2.45. The first kappa shape index (κ1) is 12.4. The molecule has 1 aromatic rings. The molecule has 1 rings (SSSR count). The minimum absolute atomic E-state index is 0.0364. The van der Waals surface area contributed by atoms with Crippen molar-refractivity contribution in [3.05, 3.63) is 29.3 Å². The molecule has 0 atom stereocenters. The molecule has 1 amide bonds. The van der Waals surface area contributed by atoms with E-state index in [1.807, 2.05) is 0 Å². The number of halogens is 2. The molecule has 0 unspecified atom stereocenters. The van der Waals surface area contributed by atoms with E-state index in [2.05, 4.69) is 0 Å². The van der Waals surface area contributed by atoms with E-state index in [1.54, 1.807) is 0 Å². The SMILES string of the molecule is CN(CCO)C(=O)c1cc(F)cc(N)c1F. The van der Waals surface area contributed by atoms with Gasteiger partial charge in [-0.2, -0.15) is 0 Å². The Bertz CT molecular complexity index is 410. The van der Waals surface area contributed by atoms with Crippen LogP contribution >= 0.6 is 0 Å². The van der Waals surface area contributed by atoms with Crippen molar-refractivity contribution in [2.45, 2.75) is 0 Å². The summed E-state index contributed by atoms with van der Waals surface area (Å²) in [5.41, 5.74) is 4.35. The van der Waals surface area contributed by atoms with Gasteiger partial charge in [-0.15, -0.1) is 0 Å². The van der Waals surface area contributed by atoms with Crippen molar-refractivity contribution in [2.75, 3.05) is 25.9 Å². The van der Waals surface area contributed by atoms with E-state index in [4.69, 9.17) is 10.8 Å². The van der Waals surface area contributed by atoms with Gasteiger partial charge in [-0.25, -0.2) is 8.78 Å². The molecule has 0 fully saturated rings. The number of hydrogen-bond donors (Lipinski definition) is 2. The Balaban J connectivity index is 3.08. The van der Waals surface area contributed by atoms with Gasteiger partial charge >= 0.3 is 0 Å². The van der Waals surface area contributed by atoms with Crippen molar-refractivity contribution < 1.29 is 18.7 Å². The van der Waals surface area contributed by atoms with Gasteiger partial charge in [-0.05, 0) is 12.1 Å². The van der Waals surface area contributed by atoms with Crippen LogP contribution in [0, 0.1) is 11.6 Å². The van der Waals surface area contributed by atoms with Gasteiger partial charge in [0.05, 0.1) is 17.9 Å². The highest BCUT2D eigenvalue weighted by atomic mass is 19.1. The number of hydrogen-bond acceptors (Lipinski definition) is 3. The van der Waals surface area contributed by atoms with E-state index in [0.29, 0.717) is 0 Å². The summed E-state index contributed by atoms with van der Waals surface area (Å²) in [4.78, 5) is 12.7. The smallest absolute Gasteiger partial charge is 0.256 e. The van der Waals surface area contributed by atoms with Crippen LogP contribution in [0.1, 0.15) is 10.4 Å². The predicted octanol–water partition coefficient (Wildman–Crippen LogP) is 0.611. The number of aliphatic hydroxyl groups is 1. The van der Waals surface area contributed by atoms with Gasteiger partial charge in [-0.1, -0.05) is 0 Å².